The van der Waals surface area contributed by atoms with Crippen molar-refractivity contribution in [3.05, 3.63) is 72.8 Å². The predicted molar refractivity (Wildman–Crippen MR) is 109 cm³/mol. The summed E-state index contributed by atoms with van der Waals surface area (Å²) in [5.41, 5.74) is 3.07. The highest BCUT2D eigenvalue weighted by Gasteiger charge is 2.13. The number of methoxy groups -OCH3 is 1. The molecule has 0 aliphatic carbocycles. The maximum absolute atomic E-state index is 12.5. The molecule has 0 aliphatic heterocycles. The van der Waals surface area contributed by atoms with Gasteiger partial charge in [0.1, 0.15) is 0 Å². The molecule has 0 radical (unpaired) electrons. The molecule has 3 rings (SSSR count). The number of benzene rings is 2. The number of rotatable bonds is 9. The molecule has 1 atom stereocenters. The summed E-state index contributed by atoms with van der Waals surface area (Å²) in [6, 6.07) is 15.0. The minimum atomic E-state index is -3.52. The number of aryl methyl sites for hydroxylation is 1. The number of hydrogen-bond acceptors (Lipinski definition) is 4. The monoisotopic (exact) mass is 399 g/mol. The molecule has 148 valence electrons. The van der Waals surface area contributed by atoms with E-state index in [4.69, 9.17) is 4.74 Å². The van der Waals surface area contributed by atoms with Gasteiger partial charge in [0, 0.05) is 32.6 Å². The summed E-state index contributed by atoms with van der Waals surface area (Å²) >= 11 is 0. The summed E-state index contributed by atoms with van der Waals surface area (Å²) in [6.07, 6.45) is 5.98. The molecule has 0 aliphatic rings. The van der Waals surface area contributed by atoms with Crippen LogP contribution in [0.1, 0.15) is 25.0 Å². The molecule has 0 amide bonds. The first-order valence-electron chi connectivity index (χ1n) is 9.18. The second-order valence-electron chi connectivity index (χ2n) is 6.58. The van der Waals surface area contributed by atoms with Crippen LogP contribution < -0.4 is 4.72 Å². The highest BCUT2D eigenvalue weighted by molar-refractivity contribution is 7.89. The summed E-state index contributed by atoms with van der Waals surface area (Å²) in [6.45, 7) is 3.09. The fraction of sp³-hybridized carbons (Fsp3) is 0.286. The molecule has 1 N–H and O–H groups in total. The van der Waals surface area contributed by atoms with Gasteiger partial charge in [0.05, 0.1) is 17.3 Å². The lowest BCUT2D eigenvalue weighted by molar-refractivity contribution is 0.119. The van der Waals surface area contributed by atoms with Gasteiger partial charge in [-0.3, -0.25) is 0 Å². The van der Waals surface area contributed by atoms with Crippen LogP contribution in [0.2, 0.25) is 0 Å². The van der Waals surface area contributed by atoms with Crippen molar-refractivity contribution < 1.29 is 13.2 Å². The molecule has 0 bridgehead atoms. The largest absolute Gasteiger partial charge is 0.377 e. The van der Waals surface area contributed by atoms with E-state index in [-0.39, 0.29) is 11.0 Å². The molecular formula is C21H25N3O3S. The number of sulfonamides is 1. The van der Waals surface area contributed by atoms with Gasteiger partial charge in [-0.2, -0.15) is 0 Å². The average molecular weight is 400 g/mol. The Hall–Kier alpha value is -2.48. The van der Waals surface area contributed by atoms with Crippen LogP contribution in [0.5, 0.6) is 0 Å². The smallest absolute Gasteiger partial charge is 0.240 e. The van der Waals surface area contributed by atoms with Crippen molar-refractivity contribution in [1.82, 2.24) is 14.3 Å². The van der Waals surface area contributed by atoms with Gasteiger partial charge in [-0.1, -0.05) is 30.3 Å². The first kappa shape index (κ1) is 20.3. The SMILES string of the molecule is COC(C)c1cccc(-c2ccc(S(=O)(=O)NCCCn3ccnc3)cc2)c1. The van der Waals surface area contributed by atoms with Crippen molar-refractivity contribution in [2.75, 3.05) is 13.7 Å². The van der Waals surface area contributed by atoms with Crippen LogP contribution in [0.4, 0.5) is 0 Å². The van der Waals surface area contributed by atoms with Crippen LogP contribution in [0.15, 0.2) is 72.1 Å². The normalized spacial score (nSPS) is 12.8. The van der Waals surface area contributed by atoms with E-state index in [1.165, 1.54) is 0 Å². The third-order valence-corrected chi connectivity index (χ3v) is 6.13. The zero-order valence-corrected chi connectivity index (χ0v) is 16.9. The van der Waals surface area contributed by atoms with Gasteiger partial charge in [0.2, 0.25) is 10.0 Å². The van der Waals surface area contributed by atoms with Crippen molar-refractivity contribution in [2.45, 2.75) is 30.9 Å². The van der Waals surface area contributed by atoms with E-state index < -0.39 is 10.0 Å². The van der Waals surface area contributed by atoms with Crippen LogP contribution in [-0.4, -0.2) is 31.6 Å². The molecule has 3 aromatic rings. The minimum absolute atomic E-state index is 0.00567. The lowest BCUT2D eigenvalue weighted by atomic mass is 10.0. The van der Waals surface area contributed by atoms with Gasteiger partial charge in [0.25, 0.3) is 0 Å². The van der Waals surface area contributed by atoms with Crippen LogP contribution in [0.25, 0.3) is 11.1 Å². The van der Waals surface area contributed by atoms with Gasteiger partial charge in [-0.05, 0) is 48.2 Å². The first-order valence-corrected chi connectivity index (χ1v) is 10.7. The Morgan fingerprint density at radius 3 is 2.61 bits per heavy atom. The van der Waals surface area contributed by atoms with Gasteiger partial charge >= 0.3 is 0 Å². The molecule has 0 spiro atoms. The number of nitrogens with one attached hydrogen (secondary N) is 1. The standard InChI is InChI=1S/C21H25N3O3S/c1-17(27-2)19-5-3-6-20(15-19)18-7-9-21(10-8-18)28(25,26)23-11-4-13-24-14-12-22-16-24/h3,5-10,12,14-17,23H,4,11,13H2,1-2H3. The summed E-state index contributed by atoms with van der Waals surface area (Å²) in [5, 5.41) is 0. The zero-order chi connectivity index (χ0) is 20.0. The Morgan fingerprint density at radius 1 is 1.14 bits per heavy atom. The molecule has 0 saturated carbocycles. The molecular weight excluding hydrogens is 374 g/mol. The van der Waals surface area contributed by atoms with Crippen LogP contribution in [0.3, 0.4) is 0 Å². The summed E-state index contributed by atoms with van der Waals surface area (Å²) < 4.78 is 34.9. The quantitative estimate of drug-likeness (QED) is 0.558. The Kier molecular flexibility index (Phi) is 6.61. The number of ether oxygens (including phenoxy) is 1. The number of hydrogen-bond donors (Lipinski definition) is 1. The molecule has 1 unspecified atom stereocenters. The van der Waals surface area contributed by atoms with Crippen molar-refractivity contribution in [3.63, 3.8) is 0 Å². The summed E-state index contributed by atoms with van der Waals surface area (Å²) in [5.74, 6) is 0. The zero-order valence-electron chi connectivity index (χ0n) is 16.1. The number of imidazole rings is 1. The summed E-state index contributed by atoms with van der Waals surface area (Å²) in [4.78, 5) is 4.23. The average Bonchev–Trinajstić information content (AvgIpc) is 3.24. The van der Waals surface area contributed by atoms with Crippen molar-refractivity contribution >= 4 is 10.0 Å². The molecule has 2 aromatic carbocycles. The lowest BCUT2D eigenvalue weighted by Crippen LogP contribution is -2.25. The molecule has 1 heterocycles. The van der Waals surface area contributed by atoms with E-state index >= 15 is 0 Å². The van der Waals surface area contributed by atoms with Crippen LogP contribution in [-0.2, 0) is 21.3 Å². The van der Waals surface area contributed by atoms with Gasteiger partial charge in [0.15, 0.2) is 0 Å². The number of nitrogens with zero attached hydrogens (tertiary/aromatic N) is 2. The molecule has 0 fully saturated rings. The molecule has 28 heavy (non-hydrogen) atoms. The van der Waals surface area contributed by atoms with Crippen LogP contribution >= 0.6 is 0 Å². The van der Waals surface area contributed by atoms with E-state index in [2.05, 4.69) is 15.8 Å². The Balaban J connectivity index is 1.64. The molecule has 6 nitrogen and oxygen atoms in total. The predicted octanol–water partition coefficient (Wildman–Crippen LogP) is 3.63. The van der Waals surface area contributed by atoms with E-state index in [1.807, 2.05) is 48.0 Å². The third-order valence-electron chi connectivity index (χ3n) is 4.65. The molecule has 7 heteroatoms. The molecule has 1 aromatic heterocycles. The topological polar surface area (TPSA) is 73.2 Å². The van der Waals surface area contributed by atoms with E-state index in [0.29, 0.717) is 13.0 Å². The van der Waals surface area contributed by atoms with Crippen molar-refractivity contribution in [1.29, 1.82) is 0 Å². The minimum Gasteiger partial charge on any atom is -0.377 e. The van der Waals surface area contributed by atoms with Crippen molar-refractivity contribution in [2.24, 2.45) is 0 Å². The summed E-state index contributed by atoms with van der Waals surface area (Å²) in [7, 11) is -1.84. The number of aromatic nitrogens is 2. The fourth-order valence-corrected chi connectivity index (χ4v) is 3.98. The van der Waals surface area contributed by atoms with Crippen molar-refractivity contribution in [3.8, 4) is 11.1 Å². The van der Waals surface area contributed by atoms with Gasteiger partial charge < -0.3 is 9.30 Å². The van der Waals surface area contributed by atoms with Gasteiger partial charge in [-0.15, -0.1) is 0 Å². The Labute approximate surface area is 166 Å². The second kappa shape index (κ2) is 9.14. The molecule has 0 saturated heterocycles. The Bertz CT molecular complexity index is 984. The maximum Gasteiger partial charge on any atom is 0.240 e. The highest BCUT2D eigenvalue weighted by Crippen LogP contribution is 2.25. The fourth-order valence-electron chi connectivity index (χ4n) is 2.90. The third kappa shape index (κ3) is 5.07. The maximum atomic E-state index is 12.5. The highest BCUT2D eigenvalue weighted by atomic mass is 32.2. The Morgan fingerprint density at radius 2 is 1.93 bits per heavy atom. The first-order chi connectivity index (χ1) is 13.5. The second-order valence-corrected chi connectivity index (χ2v) is 8.35. The van der Waals surface area contributed by atoms with Crippen LogP contribution in [0, 0.1) is 0 Å². The van der Waals surface area contributed by atoms with Gasteiger partial charge in [-0.25, -0.2) is 18.1 Å². The lowest BCUT2D eigenvalue weighted by Gasteiger charge is -2.12. The van der Waals surface area contributed by atoms with E-state index in [9.17, 15) is 8.42 Å². The van der Waals surface area contributed by atoms with E-state index in [0.717, 1.165) is 23.2 Å². The van der Waals surface area contributed by atoms with E-state index in [1.54, 1.807) is 31.8 Å².